The van der Waals surface area contributed by atoms with Crippen molar-refractivity contribution in [1.82, 2.24) is 25.1 Å². The lowest BCUT2D eigenvalue weighted by atomic mass is 10.0. The maximum atomic E-state index is 4.59. The number of aromatic amines is 2. The average Bonchev–Trinajstić information content (AvgIpc) is 3.58. The lowest BCUT2D eigenvalue weighted by Crippen LogP contribution is -2.07. The molecular formula is C26H24N6. The van der Waals surface area contributed by atoms with E-state index in [2.05, 4.69) is 67.4 Å². The maximum absolute atomic E-state index is 4.59. The summed E-state index contributed by atoms with van der Waals surface area (Å²) in [4.78, 5) is 12.5. The monoisotopic (exact) mass is 420 g/mol. The molecule has 1 fully saturated rings. The zero-order chi connectivity index (χ0) is 21.5. The lowest BCUT2D eigenvalue weighted by molar-refractivity contribution is 0.649. The Bertz CT molecular complexity index is 1400. The van der Waals surface area contributed by atoms with Crippen LogP contribution in [0.1, 0.15) is 25.7 Å². The Morgan fingerprint density at radius 3 is 2.72 bits per heavy atom. The summed E-state index contributed by atoms with van der Waals surface area (Å²) in [5, 5.41) is 13.2. The highest BCUT2D eigenvalue weighted by molar-refractivity contribution is 5.96. The predicted molar refractivity (Wildman–Crippen MR) is 129 cm³/mol. The second-order valence-corrected chi connectivity index (χ2v) is 8.56. The Labute approximate surface area is 185 Å². The maximum Gasteiger partial charge on any atom is 0.181 e. The minimum Gasteiger partial charge on any atom is -0.358 e. The molecule has 0 atom stereocenters. The second-order valence-electron chi connectivity index (χ2n) is 8.56. The molecule has 5 aromatic rings. The Morgan fingerprint density at radius 2 is 1.84 bits per heavy atom. The molecule has 3 N–H and O–H groups in total. The summed E-state index contributed by atoms with van der Waals surface area (Å²) in [5.41, 5.74) is 7.77. The van der Waals surface area contributed by atoms with Crippen LogP contribution in [-0.2, 0) is 0 Å². The lowest BCUT2D eigenvalue weighted by Gasteiger charge is -2.15. The van der Waals surface area contributed by atoms with Gasteiger partial charge < -0.3 is 10.3 Å². The molecule has 32 heavy (non-hydrogen) atoms. The molecular weight excluding hydrogens is 396 g/mol. The molecule has 4 aromatic heterocycles. The Kier molecular flexibility index (Phi) is 4.49. The van der Waals surface area contributed by atoms with E-state index in [-0.39, 0.29) is 0 Å². The highest BCUT2D eigenvalue weighted by atomic mass is 15.2. The Hall–Kier alpha value is -3.93. The van der Waals surface area contributed by atoms with Crippen molar-refractivity contribution in [2.45, 2.75) is 25.7 Å². The molecule has 158 valence electrons. The van der Waals surface area contributed by atoms with Gasteiger partial charge in [-0.05, 0) is 43.0 Å². The van der Waals surface area contributed by atoms with E-state index in [9.17, 15) is 0 Å². The van der Waals surface area contributed by atoms with Gasteiger partial charge in [-0.3, -0.25) is 10.1 Å². The molecule has 0 spiro atoms. The zero-order valence-electron chi connectivity index (χ0n) is 17.7. The van der Waals surface area contributed by atoms with Crippen molar-refractivity contribution < 1.29 is 0 Å². The fourth-order valence-corrected chi connectivity index (χ4v) is 4.70. The highest BCUT2D eigenvalue weighted by Crippen LogP contribution is 2.33. The van der Waals surface area contributed by atoms with Gasteiger partial charge in [-0.2, -0.15) is 5.10 Å². The Balaban J connectivity index is 1.35. The molecule has 1 aliphatic rings. The van der Waals surface area contributed by atoms with Crippen molar-refractivity contribution in [3.8, 4) is 22.5 Å². The van der Waals surface area contributed by atoms with Crippen LogP contribution in [0.3, 0.4) is 0 Å². The summed E-state index contributed by atoms with van der Waals surface area (Å²) >= 11 is 0. The number of anilines is 1. The van der Waals surface area contributed by atoms with Crippen LogP contribution in [0.5, 0.6) is 0 Å². The average molecular weight is 421 g/mol. The third kappa shape index (κ3) is 3.34. The van der Waals surface area contributed by atoms with Gasteiger partial charge in [0.2, 0.25) is 0 Å². The van der Waals surface area contributed by atoms with Crippen molar-refractivity contribution >= 4 is 27.6 Å². The van der Waals surface area contributed by atoms with Crippen molar-refractivity contribution in [3.05, 3.63) is 73.3 Å². The molecule has 0 radical (unpaired) electrons. The van der Waals surface area contributed by atoms with Crippen molar-refractivity contribution in [2.75, 3.05) is 5.32 Å². The molecule has 1 aromatic carbocycles. The van der Waals surface area contributed by atoms with Crippen LogP contribution in [-0.4, -0.2) is 25.1 Å². The number of allylic oxidation sites excluding steroid dienone is 1. The van der Waals surface area contributed by atoms with Crippen LogP contribution >= 0.6 is 0 Å². The van der Waals surface area contributed by atoms with Gasteiger partial charge in [0, 0.05) is 45.5 Å². The van der Waals surface area contributed by atoms with Crippen LogP contribution in [0.15, 0.2) is 73.3 Å². The normalized spacial score (nSPS) is 14.4. The van der Waals surface area contributed by atoms with Gasteiger partial charge in [0.1, 0.15) is 0 Å². The molecule has 1 saturated carbocycles. The number of hydrogen-bond acceptors (Lipinski definition) is 4. The largest absolute Gasteiger partial charge is 0.358 e. The number of pyridine rings is 2. The molecule has 1 aliphatic carbocycles. The third-order valence-corrected chi connectivity index (χ3v) is 6.43. The first kappa shape index (κ1) is 18.8. The topological polar surface area (TPSA) is 82.3 Å². The van der Waals surface area contributed by atoms with Crippen LogP contribution in [0.25, 0.3) is 44.5 Å². The number of rotatable bonds is 5. The SMILES string of the molecule is C=C(Nc1cncc(-c2cnc3n[nH]c(-c4cc5ccccc5[nH]4)c3c2)c1)C1CCCC1. The molecule has 0 amide bonds. The van der Waals surface area contributed by atoms with Crippen molar-refractivity contribution in [1.29, 1.82) is 0 Å². The molecule has 6 rings (SSSR count). The number of fused-ring (bicyclic) bond motifs is 2. The summed E-state index contributed by atoms with van der Waals surface area (Å²) in [6.45, 7) is 4.26. The number of benzene rings is 1. The van der Waals surface area contributed by atoms with E-state index in [4.69, 9.17) is 0 Å². The van der Waals surface area contributed by atoms with Gasteiger partial charge in [-0.15, -0.1) is 0 Å². The van der Waals surface area contributed by atoms with Gasteiger partial charge in [-0.25, -0.2) is 4.98 Å². The van der Waals surface area contributed by atoms with E-state index in [0.29, 0.717) is 11.6 Å². The Morgan fingerprint density at radius 1 is 1.00 bits per heavy atom. The summed E-state index contributed by atoms with van der Waals surface area (Å²) < 4.78 is 0. The summed E-state index contributed by atoms with van der Waals surface area (Å²) in [7, 11) is 0. The van der Waals surface area contributed by atoms with Gasteiger partial charge in [0.05, 0.1) is 23.3 Å². The quantitative estimate of drug-likeness (QED) is 0.312. The van der Waals surface area contributed by atoms with Crippen LogP contribution < -0.4 is 5.32 Å². The van der Waals surface area contributed by atoms with Gasteiger partial charge in [0.15, 0.2) is 5.65 Å². The first-order valence-electron chi connectivity index (χ1n) is 11.1. The van der Waals surface area contributed by atoms with Gasteiger partial charge >= 0.3 is 0 Å². The third-order valence-electron chi connectivity index (χ3n) is 6.43. The summed E-state index contributed by atoms with van der Waals surface area (Å²) in [6, 6.07) is 14.6. The second kappa shape index (κ2) is 7.64. The molecule has 0 saturated heterocycles. The molecule has 4 heterocycles. The van der Waals surface area contributed by atoms with E-state index >= 15 is 0 Å². The fourth-order valence-electron chi connectivity index (χ4n) is 4.70. The van der Waals surface area contributed by atoms with Crippen molar-refractivity contribution in [2.24, 2.45) is 5.92 Å². The molecule has 6 heteroatoms. The number of para-hydroxylation sites is 1. The van der Waals surface area contributed by atoms with Crippen LogP contribution in [0, 0.1) is 5.92 Å². The van der Waals surface area contributed by atoms with Crippen LogP contribution in [0.2, 0.25) is 0 Å². The van der Waals surface area contributed by atoms with E-state index < -0.39 is 0 Å². The minimum absolute atomic E-state index is 0.557. The molecule has 6 nitrogen and oxygen atoms in total. The van der Waals surface area contributed by atoms with E-state index in [1.807, 2.05) is 30.7 Å². The summed E-state index contributed by atoms with van der Waals surface area (Å²) in [5.74, 6) is 0.557. The zero-order valence-corrected chi connectivity index (χ0v) is 17.7. The smallest absolute Gasteiger partial charge is 0.181 e. The number of aromatic nitrogens is 5. The molecule has 0 bridgehead atoms. The van der Waals surface area contributed by atoms with Crippen LogP contribution in [0.4, 0.5) is 5.69 Å². The summed E-state index contributed by atoms with van der Waals surface area (Å²) in [6.07, 6.45) is 10.6. The number of H-pyrrole nitrogens is 2. The highest BCUT2D eigenvalue weighted by Gasteiger charge is 2.18. The van der Waals surface area contributed by atoms with Gasteiger partial charge in [-0.1, -0.05) is 37.6 Å². The first-order valence-corrected chi connectivity index (χ1v) is 11.1. The van der Waals surface area contributed by atoms with E-state index in [1.54, 1.807) is 0 Å². The minimum atomic E-state index is 0.557. The fraction of sp³-hybridized carbons (Fsp3) is 0.192. The first-order chi connectivity index (χ1) is 15.7. The number of nitrogens with zero attached hydrogens (tertiary/aromatic N) is 3. The molecule has 0 unspecified atom stereocenters. The van der Waals surface area contributed by atoms with E-state index in [1.165, 1.54) is 31.1 Å². The van der Waals surface area contributed by atoms with E-state index in [0.717, 1.165) is 44.8 Å². The molecule has 0 aliphatic heterocycles. The number of nitrogens with one attached hydrogen (secondary N) is 3. The number of hydrogen-bond donors (Lipinski definition) is 3. The predicted octanol–water partition coefficient (Wildman–Crippen LogP) is 6.28. The van der Waals surface area contributed by atoms with Gasteiger partial charge in [0.25, 0.3) is 0 Å². The van der Waals surface area contributed by atoms with Crippen molar-refractivity contribution in [3.63, 3.8) is 0 Å². The standard InChI is InChI=1S/C26H24N6/c1-16(17-6-2-3-7-17)29-21-10-19(13-27-15-21)20-11-22-25(31-32-26(22)28-14-20)24-12-18-8-4-5-9-23(18)30-24/h4-5,8-15,17,29-30H,1-3,6-7H2,(H,28,31,32).